The number of amides is 1. The number of nitrogens with one attached hydrogen (secondary N) is 1. The fourth-order valence-electron chi connectivity index (χ4n) is 3.86. The Kier molecular flexibility index (Phi) is 6.58. The molecule has 2 aliphatic heterocycles. The second-order valence-electron chi connectivity index (χ2n) is 6.88. The van der Waals surface area contributed by atoms with Gasteiger partial charge in [-0.3, -0.25) is 9.69 Å². The first-order valence-corrected chi connectivity index (χ1v) is 9.30. The fourth-order valence-corrected chi connectivity index (χ4v) is 3.86. The average Bonchev–Trinajstić information content (AvgIpc) is 2.69. The third-order valence-corrected chi connectivity index (χ3v) is 5.24. The third-order valence-electron chi connectivity index (χ3n) is 5.24. The van der Waals surface area contributed by atoms with Crippen molar-refractivity contribution in [1.29, 1.82) is 0 Å². The summed E-state index contributed by atoms with van der Waals surface area (Å²) in [5.41, 5.74) is 0. The standard InChI is InChI=1S/C18H29N5O2/c1-25-13-9-19-17(24)15-4-2-10-23(14-15)16-5-11-22(12-6-16)18-20-7-3-8-21-18/h3,7-8,15-16H,2,4-6,9-14H2,1H3,(H,19,24). The zero-order valence-corrected chi connectivity index (χ0v) is 15.1. The molecule has 0 spiro atoms. The molecular formula is C18H29N5O2. The number of carbonyl (C=O) groups is 1. The molecule has 25 heavy (non-hydrogen) atoms. The molecule has 2 aliphatic rings. The van der Waals surface area contributed by atoms with Gasteiger partial charge in [-0.2, -0.15) is 0 Å². The Morgan fingerprint density at radius 2 is 2.00 bits per heavy atom. The van der Waals surface area contributed by atoms with Crippen LogP contribution in [0.3, 0.4) is 0 Å². The first-order chi connectivity index (χ1) is 12.3. The van der Waals surface area contributed by atoms with Gasteiger partial charge < -0.3 is 15.0 Å². The van der Waals surface area contributed by atoms with E-state index in [1.54, 1.807) is 19.5 Å². The Morgan fingerprint density at radius 3 is 2.72 bits per heavy atom. The van der Waals surface area contributed by atoms with Crippen LogP contribution >= 0.6 is 0 Å². The fraction of sp³-hybridized carbons (Fsp3) is 0.722. The largest absolute Gasteiger partial charge is 0.383 e. The molecule has 1 unspecified atom stereocenters. The van der Waals surface area contributed by atoms with Crippen LogP contribution in [0.4, 0.5) is 5.95 Å². The van der Waals surface area contributed by atoms with E-state index >= 15 is 0 Å². The van der Waals surface area contributed by atoms with Crippen molar-refractivity contribution in [3.05, 3.63) is 18.5 Å². The first-order valence-electron chi connectivity index (χ1n) is 9.30. The van der Waals surface area contributed by atoms with Crippen LogP contribution in [0.15, 0.2) is 18.5 Å². The Bertz CT molecular complexity index is 534. The normalized spacial score (nSPS) is 22.8. The molecule has 1 N–H and O–H groups in total. The molecule has 0 bridgehead atoms. The second kappa shape index (κ2) is 9.10. The molecule has 7 nitrogen and oxygen atoms in total. The molecule has 138 valence electrons. The van der Waals surface area contributed by atoms with Crippen molar-refractivity contribution < 1.29 is 9.53 Å². The topological polar surface area (TPSA) is 70.6 Å². The number of ether oxygens (including phenoxy) is 1. The summed E-state index contributed by atoms with van der Waals surface area (Å²) >= 11 is 0. The van der Waals surface area contributed by atoms with E-state index in [0.29, 0.717) is 19.2 Å². The van der Waals surface area contributed by atoms with Crippen LogP contribution in [0, 0.1) is 5.92 Å². The highest BCUT2D eigenvalue weighted by molar-refractivity contribution is 5.78. The number of likely N-dealkylation sites (tertiary alicyclic amines) is 1. The SMILES string of the molecule is COCCNC(=O)C1CCCN(C2CCN(c3ncccn3)CC2)C1. The van der Waals surface area contributed by atoms with Gasteiger partial charge in [-0.25, -0.2) is 9.97 Å². The van der Waals surface area contributed by atoms with E-state index in [1.165, 1.54) is 0 Å². The molecule has 1 amide bonds. The molecule has 0 saturated carbocycles. The minimum Gasteiger partial charge on any atom is -0.383 e. The van der Waals surface area contributed by atoms with E-state index in [9.17, 15) is 4.79 Å². The van der Waals surface area contributed by atoms with Crippen LogP contribution in [-0.2, 0) is 9.53 Å². The van der Waals surface area contributed by atoms with E-state index in [-0.39, 0.29) is 11.8 Å². The number of hydrogen-bond acceptors (Lipinski definition) is 6. The molecule has 1 aromatic rings. The van der Waals surface area contributed by atoms with Crippen LogP contribution in [0.5, 0.6) is 0 Å². The molecule has 2 saturated heterocycles. The van der Waals surface area contributed by atoms with Crippen LogP contribution in [0.2, 0.25) is 0 Å². The van der Waals surface area contributed by atoms with Gasteiger partial charge in [-0.05, 0) is 38.3 Å². The Balaban J connectivity index is 1.47. The van der Waals surface area contributed by atoms with Crippen molar-refractivity contribution in [3.8, 4) is 0 Å². The maximum atomic E-state index is 12.3. The number of rotatable bonds is 6. The van der Waals surface area contributed by atoms with Gasteiger partial charge in [-0.15, -0.1) is 0 Å². The number of aromatic nitrogens is 2. The molecule has 0 aliphatic carbocycles. The van der Waals surface area contributed by atoms with Gasteiger partial charge in [0.2, 0.25) is 11.9 Å². The van der Waals surface area contributed by atoms with Gasteiger partial charge in [0.1, 0.15) is 0 Å². The molecule has 1 aromatic heterocycles. The number of piperidine rings is 2. The van der Waals surface area contributed by atoms with Gasteiger partial charge in [0.25, 0.3) is 0 Å². The molecule has 7 heteroatoms. The number of anilines is 1. The van der Waals surface area contributed by atoms with Crippen LogP contribution in [0.25, 0.3) is 0 Å². The Morgan fingerprint density at radius 1 is 1.24 bits per heavy atom. The van der Waals surface area contributed by atoms with Crippen LogP contribution in [0.1, 0.15) is 25.7 Å². The summed E-state index contributed by atoms with van der Waals surface area (Å²) < 4.78 is 5.00. The highest BCUT2D eigenvalue weighted by Gasteiger charge is 2.31. The van der Waals surface area contributed by atoms with Crippen molar-refractivity contribution >= 4 is 11.9 Å². The van der Waals surface area contributed by atoms with Gasteiger partial charge in [0.05, 0.1) is 12.5 Å². The predicted molar refractivity (Wildman–Crippen MR) is 96.4 cm³/mol. The molecule has 3 rings (SSSR count). The lowest BCUT2D eigenvalue weighted by Gasteiger charge is -2.42. The van der Waals surface area contributed by atoms with Crippen molar-refractivity contribution in [1.82, 2.24) is 20.2 Å². The molecule has 1 atom stereocenters. The van der Waals surface area contributed by atoms with Gasteiger partial charge in [-0.1, -0.05) is 0 Å². The summed E-state index contributed by atoms with van der Waals surface area (Å²) in [7, 11) is 1.65. The average molecular weight is 347 g/mol. The van der Waals surface area contributed by atoms with E-state index < -0.39 is 0 Å². The van der Waals surface area contributed by atoms with Crippen molar-refractivity contribution in [3.63, 3.8) is 0 Å². The number of carbonyl (C=O) groups excluding carboxylic acids is 1. The number of hydrogen-bond donors (Lipinski definition) is 1. The summed E-state index contributed by atoms with van der Waals surface area (Å²) in [5.74, 6) is 1.12. The zero-order valence-electron chi connectivity index (χ0n) is 15.1. The molecule has 2 fully saturated rings. The summed E-state index contributed by atoms with van der Waals surface area (Å²) in [6.07, 6.45) is 7.90. The van der Waals surface area contributed by atoms with Crippen molar-refractivity contribution in [2.24, 2.45) is 5.92 Å². The van der Waals surface area contributed by atoms with Gasteiger partial charge in [0.15, 0.2) is 0 Å². The second-order valence-corrected chi connectivity index (χ2v) is 6.88. The quantitative estimate of drug-likeness (QED) is 0.772. The Labute approximate surface area is 149 Å². The van der Waals surface area contributed by atoms with Crippen molar-refractivity contribution in [2.45, 2.75) is 31.7 Å². The lowest BCUT2D eigenvalue weighted by atomic mass is 9.93. The summed E-state index contributed by atoms with van der Waals surface area (Å²) in [4.78, 5) is 25.8. The Hall–Kier alpha value is -1.73. The molecule has 0 aromatic carbocycles. The van der Waals surface area contributed by atoms with Crippen LogP contribution in [-0.4, -0.2) is 73.3 Å². The smallest absolute Gasteiger partial charge is 0.225 e. The number of methoxy groups -OCH3 is 1. The van der Waals surface area contributed by atoms with E-state index in [4.69, 9.17) is 4.74 Å². The third kappa shape index (κ3) is 4.89. The zero-order chi connectivity index (χ0) is 17.5. The summed E-state index contributed by atoms with van der Waals surface area (Å²) in [5, 5.41) is 2.99. The van der Waals surface area contributed by atoms with Crippen molar-refractivity contribution in [2.75, 3.05) is 51.3 Å². The summed E-state index contributed by atoms with van der Waals surface area (Å²) in [6, 6.07) is 2.41. The lowest BCUT2D eigenvalue weighted by Crippen LogP contribution is -2.51. The highest BCUT2D eigenvalue weighted by atomic mass is 16.5. The monoisotopic (exact) mass is 347 g/mol. The molecule has 3 heterocycles. The molecular weight excluding hydrogens is 318 g/mol. The first kappa shape index (κ1) is 18.1. The minimum absolute atomic E-state index is 0.112. The maximum absolute atomic E-state index is 12.3. The van der Waals surface area contributed by atoms with E-state index in [1.807, 2.05) is 6.07 Å². The van der Waals surface area contributed by atoms with Gasteiger partial charge >= 0.3 is 0 Å². The van der Waals surface area contributed by atoms with Gasteiger partial charge in [0, 0.05) is 51.7 Å². The molecule has 0 radical (unpaired) electrons. The maximum Gasteiger partial charge on any atom is 0.225 e. The number of nitrogens with zero attached hydrogens (tertiary/aromatic N) is 4. The summed E-state index contributed by atoms with van der Waals surface area (Å²) in [6.45, 7) is 5.12. The van der Waals surface area contributed by atoms with E-state index in [0.717, 1.165) is 57.8 Å². The highest BCUT2D eigenvalue weighted by Crippen LogP contribution is 2.25. The lowest BCUT2D eigenvalue weighted by molar-refractivity contribution is -0.127. The predicted octanol–water partition coefficient (Wildman–Crippen LogP) is 0.920. The van der Waals surface area contributed by atoms with E-state index in [2.05, 4.69) is 25.1 Å². The minimum atomic E-state index is 0.112. The van der Waals surface area contributed by atoms with Crippen LogP contribution < -0.4 is 10.2 Å².